The van der Waals surface area contributed by atoms with Gasteiger partial charge in [0.1, 0.15) is 0 Å². The Morgan fingerprint density at radius 1 is 1.29 bits per heavy atom. The van der Waals surface area contributed by atoms with Gasteiger partial charge in [0.2, 0.25) is 15.0 Å². The van der Waals surface area contributed by atoms with Gasteiger partial charge in [-0.25, -0.2) is 8.42 Å². The van der Waals surface area contributed by atoms with Crippen molar-refractivity contribution in [2.75, 3.05) is 0 Å². The molecule has 0 N–H and O–H groups in total. The van der Waals surface area contributed by atoms with Gasteiger partial charge in [0, 0.05) is 0 Å². The lowest BCUT2D eigenvalue weighted by atomic mass is 9.59. The first-order valence-corrected chi connectivity index (χ1v) is 11.0. The summed E-state index contributed by atoms with van der Waals surface area (Å²) in [5.41, 5.74) is 0.351. The van der Waals surface area contributed by atoms with Crippen LogP contribution in [0.3, 0.4) is 0 Å². The van der Waals surface area contributed by atoms with Crippen molar-refractivity contribution in [1.82, 2.24) is 0 Å². The highest BCUT2D eigenvalue weighted by Gasteiger charge is 2.51. The largest absolute Gasteiger partial charge is 0.221 e. The number of rotatable bonds is 4. The van der Waals surface area contributed by atoms with Crippen molar-refractivity contribution in [2.45, 2.75) is 84.8 Å². The molecule has 0 aliphatic heterocycles. The monoisotopic (exact) mass is 358 g/mol. The number of halogens is 1. The van der Waals surface area contributed by atoms with Gasteiger partial charge in [-0.3, -0.25) is 0 Å². The summed E-state index contributed by atoms with van der Waals surface area (Å²) in [6, 6.07) is 0. The summed E-state index contributed by atoms with van der Waals surface area (Å²) in [5.74, 6) is 2.47. The zero-order valence-corrected chi connectivity index (χ0v) is 17.0. The Kier molecular flexibility index (Phi) is 5.60. The van der Waals surface area contributed by atoms with Crippen LogP contribution in [-0.2, 0) is 9.84 Å². The predicted octanol–water partition coefficient (Wildman–Crippen LogP) is 5.89. The molecule has 0 bridgehead atoms. The quantitative estimate of drug-likeness (QED) is 0.628. The summed E-state index contributed by atoms with van der Waals surface area (Å²) < 4.78 is 37.6. The van der Waals surface area contributed by atoms with E-state index < -0.39 is 19.7 Å². The lowest BCUT2D eigenvalue weighted by molar-refractivity contribution is 0.0374. The fourth-order valence-electron chi connectivity index (χ4n) is 5.38. The van der Waals surface area contributed by atoms with Crippen LogP contribution in [0.15, 0.2) is 11.2 Å². The molecular formula is C20H35FO2S. The molecule has 0 radical (unpaired) electrons. The van der Waals surface area contributed by atoms with Gasteiger partial charge in [0.05, 0.1) is 4.75 Å². The maximum absolute atomic E-state index is 14.3. The zero-order chi connectivity index (χ0) is 18.3. The third-order valence-corrected chi connectivity index (χ3v) is 9.24. The molecule has 0 saturated heterocycles. The first-order valence-electron chi connectivity index (χ1n) is 9.51. The van der Waals surface area contributed by atoms with E-state index in [0.717, 1.165) is 11.8 Å². The van der Waals surface area contributed by atoms with Crippen LogP contribution in [0.25, 0.3) is 0 Å². The van der Waals surface area contributed by atoms with E-state index in [1.165, 1.54) is 38.2 Å². The third-order valence-electron chi connectivity index (χ3n) is 6.94. The maximum Gasteiger partial charge on any atom is 0.211 e. The number of fused-ring (bicyclic) bond motifs is 1. The van der Waals surface area contributed by atoms with Crippen LogP contribution in [0.4, 0.5) is 4.39 Å². The minimum Gasteiger partial charge on any atom is -0.221 e. The van der Waals surface area contributed by atoms with Crippen molar-refractivity contribution in [1.29, 1.82) is 0 Å². The number of allylic oxidation sites excluding steroid dienone is 1. The SMILES string of the molecule is C[C@H](CC=C(F)S(=O)(=O)C(C)(C)C)[C@H]1CC[C@H]2[C@@H](C)CCC[C@]12C. The Hall–Kier alpha value is -0.380. The van der Waals surface area contributed by atoms with Gasteiger partial charge < -0.3 is 0 Å². The van der Waals surface area contributed by atoms with E-state index in [2.05, 4.69) is 20.8 Å². The second kappa shape index (κ2) is 6.74. The average molecular weight is 359 g/mol. The Labute approximate surface area is 148 Å². The molecule has 2 aliphatic rings. The number of hydrogen-bond donors (Lipinski definition) is 0. The van der Waals surface area contributed by atoms with Gasteiger partial charge in [-0.05, 0) is 81.6 Å². The third kappa shape index (κ3) is 3.45. The average Bonchev–Trinajstić information content (AvgIpc) is 2.81. The molecule has 2 nitrogen and oxygen atoms in total. The Morgan fingerprint density at radius 3 is 2.50 bits per heavy atom. The lowest BCUT2D eigenvalue weighted by Gasteiger charge is -2.46. The Bertz CT molecular complexity index is 587. The lowest BCUT2D eigenvalue weighted by Crippen LogP contribution is -2.38. The van der Waals surface area contributed by atoms with E-state index in [1.807, 2.05) is 0 Å². The minimum absolute atomic E-state index is 0.325. The van der Waals surface area contributed by atoms with E-state index >= 15 is 0 Å². The van der Waals surface area contributed by atoms with Crippen LogP contribution < -0.4 is 0 Å². The minimum atomic E-state index is -3.85. The molecule has 5 atom stereocenters. The molecule has 2 rings (SSSR count). The van der Waals surface area contributed by atoms with Crippen molar-refractivity contribution in [3.05, 3.63) is 11.2 Å². The molecule has 4 heteroatoms. The first-order chi connectivity index (χ1) is 10.9. The molecule has 140 valence electrons. The van der Waals surface area contributed by atoms with Crippen molar-refractivity contribution in [3.63, 3.8) is 0 Å². The van der Waals surface area contributed by atoms with E-state index in [0.29, 0.717) is 23.7 Å². The molecule has 2 saturated carbocycles. The van der Waals surface area contributed by atoms with Crippen molar-refractivity contribution in [3.8, 4) is 0 Å². The van der Waals surface area contributed by atoms with Crippen LogP contribution in [0.2, 0.25) is 0 Å². The topological polar surface area (TPSA) is 34.1 Å². The highest BCUT2D eigenvalue weighted by Crippen LogP contribution is 2.59. The Balaban J connectivity index is 2.11. The highest BCUT2D eigenvalue weighted by atomic mass is 32.2. The number of sulfone groups is 1. The van der Waals surface area contributed by atoms with Crippen LogP contribution in [0, 0.1) is 29.1 Å². The molecule has 0 unspecified atom stereocenters. The highest BCUT2D eigenvalue weighted by molar-refractivity contribution is 7.96. The smallest absolute Gasteiger partial charge is 0.211 e. The maximum atomic E-state index is 14.3. The summed E-state index contributed by atoms with van der Waals surface area (Å²) in [6.45, 7) is 11.6. The second-order valence-electron chi connectivity index (χ2n) is 9.50. The van der Waals surface area contributed by atoms with Crippen LogP contribution in [0.1, 0.15) is 80.1 Å². The van der Waals surface area contributed by atoms with Gasteiger partial charge in [-0.15, -0.1) is 0 Å². The second-order valence-corrected chi connectivity index (χ2v) is 12.1. The summed E-state index contributed by atoms with van der Waals surface area (Å²) >= 11 is 0. The fraction of sp³-hybridized carbons (Fsp3) is 0.900. The number of hydrogen-bond acceptors (Lipinski definition) is 2. The van der Waals surface area contributed by atoms with Crippen molar-refractivity contribution >= 4 is 9.84 Å². The molecule has 0 heterocycles. The summed E-state index contributed by atoms with van der Waals surface area (Å²) in [5, 5.41) is -0.946. The Morgan fingerprint density at radius 2 is 1.92 bits per heavy atom. The summed E-state index contributed by atoms with van der Waals surface area (Å²) in [7, 11) is -3.85. The van der Waals surface area contributed by atoms with E-state index in [9.17, 15) is 12.8 Å². The zero-order valence-electron chi connectivity index (χ0n) is 16.2. The normalized spacial score (nSPS) is 36.5. The van der Waals surface area contributed by atoms with Crippen LogP contribution in [0.5, 0.6) is 0 Å². The van der Waals surface area contributed by atoms with E-state index in [4.69, 9.17) is 0 Å². The summed E-state index contributed by atoms with van der Waals surface area (Å²) in [4.78, 5) is 0. The van der Waals surface area contributed by atoms with Gasteiger partial charge in [0.15, 0.2) is 0 Å². The molecule has 0 amide bonds. The predicted molar refractivity (Wildman–Crippen MR) is 99.0 cm³/mol. The fourth-order valence-corrected chi connectivity index (χ4v) is 6.29. The molecule has 24 heavy (non-hydrogen) atoms. The van der Waals surface area contributed by atoms with Gasteiger partial charge in [-0.2, -0.15) is 4.39 Å². The molecule has 0 aromatic carbocycles. The standard InChI is InChI=1S/C20H35FO2S/c1-14-8-7-13-20(6)16(14)10-11-17(20)15(2)9-12-18(21)24(22,23)19(3,4)5/h12,14-17H,7-11,13H2,1-6H3/t14-,15+,16-,17+,20-/m0/s1. The van der Waals surface area contributed by atoms with Gasteiger partial charge >= 0.3 is 0 Å². The van der Waals surface area contributed by atoms with Gasteiger partial charge in [0.25, 0.3) is 0 Å². The summed E-state index contributed by atoms with van der Waals surface area (Å²) in [6.07, 6.45) is 8.22. The van der Waals surface area contributed by atoms with Crippen LogP contribution >= 0.6 is 0 Å². The van der Waals surface area contributed by atoms with Crippen LogP contribution in [-0.4, -0.2) is 13.2 Å². The van der Waals surface area contributed by atoms with Crippen molar-refractivity contribution in [2.24, 2.45) is 29.1 Å². The molecule has 0 aromatic rings. The van der Waals surface area contributed by atoms with Crippen molar-refractivity contribution < 1.29 is 12.8 Å². The molecule has 0 spiro atoms. The molecular weight excluding hydrogens is 323 g/mol. The first kappa shape index (κ1) is 19.9. The van der Waals surface area contributed by atoms with Gasteiger partial charge in [-0.1, -0.05) is 33.6 Å². The van der Waals surface area contributed by atoms with E-state index in [1.54, 1.807) is 20.8 Å². The molecule has 2 fully saturated rings. The van der Waals surface area contributed by atoms with E-state index in [-0.39, 0.29) is 0 Å². The molecule has 0 aromatic heterocycles. The molecule has 2 aliphatic carbocycles.